The molecule has 0 aromatic carbocycles. The van der Waals surface area contributed by atoms with Crippen molar-refractivity contribution < 1.29 is 0 Å². The second-order valence-electron chi connectivity index (χ2n) is 3.56. The highest BCUT2D eigenvalue weighted by Crippen LogP contribution is 2.19. The minimum absolute atomic E-state index is 0.776. The third kappa shape index (κ3) is 2.72. The maximum atomic E-state index is 6.04. The molecule has 14 heavy (non-hydrogen) atoms. The molecule has 2 N–H and O–H groups in total. The third-order valence-corrected chi connectivity index (χ3v) is 2.91. The molecule has 80 valence electrons. The van der Waals surface area contributed by atoms with Gasteiger partial charge in [0.2, 0.25) is 0 Å². The molecule has 0 unspecified atom stereocenters. The molecule has 0 fully saturated rings. The van der Waals surface area contributed by atoms with Crippen LogP contribution in [-0.2, 0) is 6.54 Å². The molecule has 1 rings (SSSR count). The van der Waals surface area contributed by atoms with Crippen molar-refractivity contribution in [3.05, 3.63) is 16.4 Å². The van der Waals surface area contributed by atoms with E-state index in [9.17, 15) is 0 Å². The Kier molecular flexibility index (Phi) is 4.42. The smallest absolute Gasteiger partial charge is 0.0844 e. The molecule has 1 heterocycles. The van der Waals surface area contributed by atoms with Gasteiger partial charge in [-0.2, -0.15) is 5.10 Å². The molecule has 0 radical (unpaired) electrons. The van der Waals surface area contributed by atoms with E-state index in [2.05, 4.69) is 5.10 Å². The molecule has 1 aromatic heterocycles. The van der Waals surface area contributed by atoms with Gasteiger partial charge in [-0.25, -0.2) is 0 Å². The van der Waals surface area contributed by atoms with Crippen molar-refractivity contribution in [2.24, 2.45) is 5.73 Å². The average molecular weight is 216 g/mol. The first-order chi connectivity index (χ1) is 6.66. The fourth-order valence-corrected chi connectivity index (χ4v) is 1.61. The van der Waals surface area contributed by atoms with Crippen molar-refractivity contribution in [2.45, 2.75) is 39.7 Å². The second-order valence-corrected chi connectivity index (χ2v) is 3.94. The van der Waals surface area contributed by atoms with Gasteiger partial charge in [0.25, 0.3) is 0 Å². The van der Waals surface area contributed by atoms with Crippen molar-refractivity contribution in [1.29, 1.82) is 0 Å². The third-order valence-electron chi connectivity index (χ3n) is 2.37. The molecular formula is C10H18ClN3. The van der Waals surface area contributed by atoms with Crippen molar-refractivity contribution in [2.75, 3.05) is 6.54 Å². The molecular weight excluding hydrogens is 198 g/mol. The molecule has 1 aromatic rings. The van der Waals surface area contributed by atoms with Gasteiger partial charge in [0.15, 0.2) is 0 Å². The van der Waals surface area contributed by atoms with Crippen molar-refractivity contribution in [1.82, 2.24) is 9.78 Å². The quantitative estimate of drug-likeness (QED) is 0.766. The molecule has 0 spiro atoms. The SMILES string of the molecule is Cc1nn(CCCCCN)c(C)c1Cl. The number of nitrogens with two attached hydrogens (primary N) is 1. The number of hydrogen-bond donors (Lipinski definition) is 1. The van der Waals surface area contributed by atoms with E-state index in [1.54, 1.807) is 0 Å². The van der Waals surface area contributed by atoms with E-state index in [1.165, 1.54) is 0 Å². The fraction of sp³-hybridized carbons (Fsp3) is 0.700. The Morgan fingerprint density at radius 3 is 2.50 bits per heavy atom. The van der Waals surface area contributed by atoms with Crippen molar-refractivity contribution >= 4 is 11.6 Å². The van der Waals surface area contributed by atoms with E-state index in [0.29, 0.717) is 0 Å². The predicted octanol–water partition coefficient (Wildman–Crippen LogP) is 2.28. The summed E-state index contributed by atoms with van der Waals surface area (Å²) in [7, 11) is 0. The molecule has 3 nitrogen and oxygen atoms in total. The molecule has 0 aliphatic rings. The summed E-state index contributed by atoms with van der Waals surface area (Å²) < 4.78 is 1.98. The molecule has 4 heteroatoms. The predicted molar refractivity (Wildman–Crippen MR) is 59.6 cm³/mol. The van der Waals surface area contributed by atoms with Gasteiger partial charge in [0.1, 0.15) is 0 Å². The highest BCUT2D eigenvalue weighted by molar-refractivity contribution is 6.31. The first-order valence-corrected chi connectivity index (χ1v) is 5.44. The zero-order valence-corrected chi connectivity index (χ0v) is 9.64. The van der Waals surface area contributed by atoms with Crippen LogP contribution >= 0.6 is 11.6 Å². The van der Waals surface area contributed by atoms with Gasteiger partial charge in [-0.1, -0.05) is 18.0 Å². The van der Waals surface area contributed by atoms with Crippen LogP contribution in [-0.4, -0.2) is 16.3 Å². The van der Waals surface area contributed by atoms with Gasteiger partial charge >= 0.3 is 0 Å². The maximum Gasteiger partial charge on any atom is 0.0844 e. The maximum absolute atomic E-state index is 6.04. The van der Waals surface area contributed by atoms with Gasteiger partial charge in [0, 0.05) is 6.54 Å². The summed E-state index contributed by atoms with van der Waals surface area (Å²) in [6, 6.07) is 0. The summed E-state index contributed by atoms with van der Waals surface area (Å²) in [5.74, 6) is 0. The van der Waals surface area contributed by atoms with Crippen LogP contribution in [0.1, 0.15) is 30.7 Å². The van der Waals surface area contributed by atoms with Crippen LogP contribution in [0.4, 0.5) is 0 Å². The zero-order chi connectivity index (χ0) is 10.6. The standard InChI is InChI=1S/C10H18ClN3/c1-8-10(11)9(2)14(13-8)7-5-3-4-6-12/h3-7,12H2,1-2H3. The topological polar surface area (TPSA) is 43.8 Å². The van der Waals surface area contributed by atoms with Crippen LogP contribution in [0.3, 0.4) is 0 Å². The Bertz CT molecular complexity index is 294. The van der Waals surface area contributed by atoms with Crippen LogP contribution in [0.2, 0.25) is 5.02 Å². The Morgan fingerprint density at radius 1 is 1.29 bits per heavy atom. The molecule has 0 aliphatic carbocycles. The number of nitrogens with zero attached hydrogens (tertiary/aromatic N) is 2. The van der Waals surface area contributed by atoms with E-state index in [1.807, 2.05) is 18.5 Å². The number of halogens is 1. The minimum Gasteiger partial charge on any atom is -0.330 e. The highest BCUT2D eigenvalue weighted by Gasteiger charge is 2.07. The average Bonchev–Trinajstić information content (AvgIpc) is 2.41. The minimum atomic E-state index is 0.776. The Labute approximate surface area is 90.2 Å². The van der Waals surface area contributed by atoms with Gasteiger partial charge < -0.3 is 5.73 Å². The molecule has 0 aliphatic heterocycles. The van der Waals surface area contributed by atoms with Gasteiger partial charge in [-0.05, 0) is 33.2 Å². The summed E-state index contributed by atoms with van der Waals surface area (Å²) >= 11 is 6.04. The monoisotopic (exact) mass is 215 g/mol. The Balaban J connectivity index is 2.47. The van der Waals surface area contributed by atoms with Gasteiger partial charge in [-0.3, -0.25) is 4.68 Å². The number of aromatic nitrogens is 2. The molecule has 0 amide bonds. The number of aryl methyl sites for hydroxylation is 2. The Morgan fingerprint density at radius 2 is 2.00 bits per heavy atom. The first-order valence-electron chi connectivity index (χ1n) is 5.06. The molecule has 0 saturated heterocycles. The van der Waals surface area contributed by atoms with E-state index in [0.717, 1.165) is 48.8 Å². The van der Waals surface area contributed by atoms with Crippen molar-refractivity contribution in [3.8, 4) is 0 Å². The number of hydrogen-bond acceptors (Lipinski definition) is 2. The highest BCUT2D eigenvalue weighted by atomic mass is 35.5. The molecule has 0 atom stereocenters. The lowest BCUT2D eigenvalue weighted by Gasteiger charge is -2.03. The summed E-state index contributed by atoms with van der Waals surface area (Å²) in [5.41, 5.74) is 7.41. The lowest BCUT2D eigenvalue weighted by atomic mass is 10.2. The molecule has 0 saturated carbocycles. The van der Waals surface area contributed by atoms with E-state index in [4.69, 9.17) is 17.3 Å². The fourth-order valence-electron chi connectivity index (χ4n) is 1.48. The van der Waals surface area contributed by atoms with Crippen LogP contribution < -0.4 is 5.73 Å². The number of unbranched alkanes of at least 4 members (excludes halogenated alkanes) is 2. The first kappa shape index (κ1) is 11.5. The van der Waals surface area contributed by atoms with Crippen molar-refractivity contribution in [3.63, 3.8) is 0 Å². The summed E-state index contributed by atoms with van der Waals surface area (Å²) in [4.78, 5) is 0. The lowest BCUT2D eigenvalue weighted by molar-refractivity contribution is 0.534. The van der Waals surface area contributed by atoms with E-state index < -0.39 is 0 Å². The molecule has 0 bridgehead atoms. The largest absolute Gasteiger partial charge is 0.330 e. The number of rotatable bonds is 5. The Hall–Kier alpha value is -0.540. The summed E-state index contributed by atoms with van der Waals surface area (Å²) in [6.45, 7) is 5.66. The zero-order valence-electron chi connectivity index (χ0n) is 8.89. The van der Waals surface area contributed by atoms with Crippen LogP contribution in [0.15, 0.2) is 0 Å². The van der Waals surface area contributed by atoms with Crippen LogP contribution in [0.5, 0.6) is 0 Å². The summed E-state index contributed by atoms with van der Waals surface area (Å²) in [5, 5.41) is 5.16. The lowest BCUT2D eigenvalue weighted by Crippen LogP contribution is -2.04. The van der Waals surface area contributed by atoms with Gasteiger partial charge in [0.05, 0.1) is 16.4 Å². The van der Waals surface area contributed by atoms with Gasteiger partial charge in [-0.15, -0.1) is 0 Å². The van der Waals surface area contributed by atoms with E-state index in [-0.39, 0.29) is 0 Å². The summed E-state index contributed by atoms with van der Waals surface area (Å²) in [6.07, 6.45) is 3.37. The van der Waals surface area contributed by atoms with Crippen LogP contribution in [0.25, 0.3) is 0 Å². The van der Waals surface area contributed by atoms with E-state index >= 15 is 0 Å². The normalized spacial score (nSPS) is 10.9. The van der Waals surface area contributed by atoms with Crippen LogP contribution in [0, 0.1) is 13.8 Å². The second kappa shape index (κ2) is 5.37.